The average molecular weight is 278 g/mol. The molecule has 1 heterocycles. The highest BCUT2D eigenvalue weighted by molar-refractivity contribution is 7.89. The first-order valence-corrected chi connectivity index (χ1v) is 7.09. The van der Waals surface area contributed by atoms with Crippen LogP contribution >= 0.6 is 0 Å². The van der Waals surface area contributed by atoms with Gasteiger partial charge in [-0.2, -0.15) is 0 Å². The van der Waals surface area contributed by atoms with Crippen molar-refractivity contribution >= 4 is 21.5 Å². The summed E-state index contributed by atoms with van der Waals surface area (Å²) in [4.78, 5) is 8.15. The molecule has 7 heteroatoms. The molecule has 0 bridgehead atoms. The second kappa shape index (κ2) is 5.33. The monoisotopic (exact) mass is 278 g/mol. The second-order valence-corrected chi connectivity index (χ2v) is 5.74. The van der Waals surface area contributed by atoms with Crippen LogP contribution in [0.25, 0.3) is 0 Å². The lowest BCUT2D eigenvalue weighted by Gasteiger charge is -2.12. The number of benzene rings is 1. The fourth-order valence-electron chi connectivity index (χ4n) is 1.57. The molecule has 19 heavy (non-hydrogen) atoms. The molecule has 0 spiro atoms. The Bertz CT molecular complexity index is 686. The average Bonchev–Trinajstić information content (AvgIpc) is 2.42. The zero-order valence-electron chi connectivity index (χ0n) is 10.6. The van der Waals surface area contributed by atoms with Crippen LogP contribution in [0.5, 0.6) is 0 Å². The van der Waals surface area contributed by atoms with Gasteiger partial charge >= 0.3 is 0 Å². The lowest BCUT2D eigenvalue weighted by Crippen LogP contribution is -2.19. The van der Waals surface area contributed by atoms with Crippen LogP contribution in [-0.4, -0.2) is 25.4 Å². The van der Waals surface area contributed by atoms with E-state index in [-0.39, 0.29) is 4.90 Å². The molecule has 0 aliphatic rings. The van der Waals surface area contributed by atoms with E-state index in [1.165, 1.54) is 19.4 Å². The van der Waals surface area contributed by atoms with Crippen LogP contribution in [0.4, 0.5) is 11.5 Å². The van der Waals surface area contributed by atoms with E-state index in [1.807, 2.05) is 6.92 Å². The Hall–Kier alpha value is -1.99. The van der Waals surface area contributed by atoms with Gasteiger partial charge in [-0.15, -0.1) is 0 Å². The first kappa shape index (κ1) is 13.4. The number of aryl methyl sites for hydroxylation is 1. The van der Waals surface area contributed by atoms with Gasteiger partial charge in [-0.05, 0) is 26.1 Å². The first-order valence-electron chi connectivity index (χ1n) is 5.61. The van der Waals surface area contributed by atoms with E-state index in [0.717, 1.165) is 5.56 Å². The minimum Gasteiger partial charge on any atom is -0.339 e. The smallest absolute Gasteiger partial charge is 0.242 e. The largest absolute Gasteiger partial charge is 0.339 e. The molecule has 0 amide bonds. The highest BCUT2D eigenvalue weighted by atomic mass is 32.2. The molecule has 0 saturated carbocycles. The van der Waals surface area contributed by atoms with Gasteiger partial charge in [-0.3, -0.25) is 0 Å². The summed E-state index contributed by atoms with van der Waals surface area (Å²) in [6.07, 6.45) is 3.06. The third-order valence-corrected chi connectivity index (χ3v) is 4.07. The lowest BCUT2D eigenvalue weighted by atomic mass is 10.3. The van der Waals surface area contributed by atoms with Gasteiger partial charge in [0.1, 0.15) is 17.0 Å². The molecule has 0 aliphatic carbocycles. The van der Waals surface area contributed by atoms with Crippen molar-refractivity contribution in [3.05, 3.63) is 42.4 Å². The number of anilines is 2. The summed E-state index contributed by atoms with van der Waals surface area (Å²) in [6.45, 7) is 1.84. The number of hydrogen-bond donors (Lipinski definition) is 2. The van der Waals surface area contributed by atoms with Gasteiger partial charge in [0.15, 0.2) is 0 Å². The second-order valence-electron chi connectivity index (χ2n) is 3.88. The van der Waals surface area contributed by atoms with Crippen LogP contribution < -0.4 is 10.0 Å². The van der Waals surface area contributed by atoms with Crippen molar-refractivity contribution in [2.45, 2.75) is 11.8 Å². The van der Waals surface area contributed by atoms with E-state index < -0.39 is 10.0 Å². The molecule has 1 aromatic carbocycles. The number of rotatable bonds is 4. The highest BCUT2D eigenvalue weighted by Gasteiger charge is 2.16. The van der Waals surface area contributed by atoms with Crippen molar-refractivity contribution in [1.82, 2.24) is 14.7 Å². The summed E-state index contributed by atoms with van der Waals surface area (Å²) in [5.74, 6) is 0.578. The molecule has 0 radical (unpaired) electrons. The molecule has 6 nitrogen and oxygen atoms in total. The van der Waals surface area contributed by atoms with E-state index >= 15 is 0 Å². The van der Waals surface area contributed by atoms with Crippen LogP contribution in [0.1, 0.15) is 5.56 Å². The Morgan fingerprint density at radius 1 is 1.21 bits per heavy atom. The minimum atomic E-state index is -3.52. The highest BCUT2D eigenvalue weighted by Crippen LogP contribution is 2.24. The number of aromatic nitrogens is 2. The van der Waals surface area contributed by atoms with Crippen molar-refractivity contribution in [3.8, 4) is 0 Å². The molecule has 0 aliphatic heterocycles. The van der Waals surface area contributed by atoms with E-state index in [9.17, 15) is 8.42 Å². The van der Waals surface area contributed by atoms with Gasteiger partial charge in [0.25, 0.3) is 0 Å². The van der Waals surface area contributed by atoms with E-state index in [2.05, 4.69) is 20.0 Å². The predicted octanol–water partition coefficient (Wildman–Crippen LogP) is 1.44. The third kappa shape index (κ3) is 2.88. The Morgan fingerprint density at radius 2 is 1.95 bits per heavy atom. The molecular formula is C12H14N4O2S. The van der Waals surface area contributed by atoms with Crippen molar-refractivity contribution in [3.63, 3.8) is 0 Å². The Morgan fingerprint density at radius 3 is 2.63 bits per heavy atom. The molecule has 2 aromatic rings. The zero-order valence-corrected chi connectivity index (χ0v) is 11.4. The standard InChI is InChI=1S/C12H14N4O2S/c1-9-7-14-8-15-12(9)16-10-5-3-4-6-11(10)19(17,18)13-2/h3-8,13H,1-2H3,(H,14,15,16). The van der Waals surface area contributed by atoms with Crippen molar-refractivity contribution < 1.29 is 8.42 Å². The minimum absolute atomic E-state index is 0.176. The predicted molar refractivity (Wildman–Crippen MR) is 72.7 cm³/mol. The number of para-hydroxylation sites is 1. The molecular weight excluding hydrogens is 264 g/mol. The topological polar surface area (TPSA) is 84.0 Å². The van der Waals surface area contributed by atoms with Gasteiger partial charge in [-0.1, -0.05) is 12.1 Å². The fourth-order valence-corrected chi connectivity index (χ4v) is 2.46. The summed E-state index contributed by atoms with van der Waals surface area (Å²) in [5.41, 5.74) is 1.30. The Balaban J connectivity index is 2.45. The number of sulfonamides is 1. The Kier molecular flexibility index (Phi) is 3.77. The van der Waals surface area contributed by atoms with Crippen molar-refractivity contribution in [2.75, 3.05) is 12.4 Å². The first-order chi connectivity index (χ1) is 9.04. The summed E-state index contributed by atoms with van der Waals surface area (Å²) in [6, 6.07) is 6.65. The van der Waals surface area contributed by atoms with Crippen LogP contribution in [0.2, 0.25) is 0 Å². The maximum absolute atomic E-state index is 11.9. The normalized spacial score (nSPS) is 11.3. The zero-order chi connectivity index (χ0) is 13.9. The van der Waals surface area contributed by atoms with Gasteiger partial charge in [-0.25, -0.2) is 23.1 Å². The maximum atomic E-state index is 11.9. The third-order valence-electron chi connectivity index (χ3n) is 2.59. The van der Waals surface area contributed by atoms with Gasteiger partial charge in [0.05, 0.1) is 5.69 Å². The molecule has 0 unspecified atom stereocenters. The van der Waals surface area contributed by atoms with Gasteiger partial charge in [0, 0.05) is 11.8 Å². The lowest BCUT2D eigenvalue weighted by molar-refractivity contribution is 0.588. The van der Waals surface area contributed by atoms with Crippen molar-refractivity contribution in [1.29, 1.82) is 0 Å². The summed E-state index contributed by atoms with van der Waals surface area (Å²) < 4.78 is 26.1. The number of nitrogens with zero attached hydrogens (tertiary/aromatic N) is 2. The van der Waals surface area contributed by atoms with Gasteiger partial charge < -0.3 is 5.32 Å². The van der Waals surface area contributed by atoms with Crippen molar-refractivity contribution in [2.24, 2.45) is 0 Å². The quantitative estimate of drug-likeness (QED) is 0.884. The summed E-state index contributed by atoms with van der Waals surface area (Å²) in [7, 11) is -2.14. The molecule has 2 rings (SSSR count). The summed E-state index contributed by atoms with van der Waals surface area (Å²) in [5, 5.41) is 3.01. The van der Waals surface area contributed by atoms with Crippen LogP contribution in [0, 0.1) is 6.92 Å². The van der Waals surface area contributed by atoms with E-state index in [1.54, 1.807) is 24.4 Å². The summed E-state index contributed by atoms with van der Waals surface area (Å²) >= 11 is 0. The van der Waals surface area contributed by atoms with Crippen LogP contribution in [-0.2, 0) is 10.0 Å². The van der Waals surface area contributed by atoms with E-state index in [0.29, 0.717) is 11.5 Å². The number of nitrogens with one attached hydrogen (secondary N) is 2. The molecule has 1 aromatic heterocycles. The maximum Gasteiger partial charge on any atom is 0.242 e. The van der Waals surface area contributed by atoms with Gasteiger partial charge in [0.2, 0.25) is 10.0 Å². The molecule has 100 valence electrons. The Labute approximate surface area is 112 Å². The molecule has 2 N–H and O–H groups in total. The van der Waals surface area contributed by atoms with Crippen LogP contribution in [0.15, 0.2) is 41.7 Å². The fraction of sp³-hybridized carbons (Fsp3) is 0.167. The van der Waals surface area contributed by atoms with E-state index in [4.69, 9.17) is 0 Å². The van der Waals surface area contributed by atoms with Crippen LogP contribution in [0.3, 0.4) is 0 Å². The number of hydrogen-bond acceptors (Lipinski definition) is 5. The SMILES string of the molecule is CNS(=O)(=O)c1ccccc1Nc1ncncc1C. The molecule has 0 fully saturated rings. The molecule has 0 saturated heterocycles. The molecule has 0 atom stereocenters.